The first-order chi connectivity index (χ1) is 23.1. The molecule has 0 fully saturated rings. The standard InChI is InChI=1S/C36H36F5N3OS3/c1-5-6-7-8-9-10-11-12-13-14-15-45-34-19(3)24(32-30(20(34)4)43-48-44-32)23-17-22-31(21-16-18(2)46-35(21)36(22)47-23)42-33-28(40)26(38)25(37)27(39)29(33)41/h16-17H,5-15H2,1-4H3. The Morgan fingerprint density at radius 1 is 0.667 bits per heavy atom. The summed E-state index contributed by atoms with van der Waals surface area (Å²) in [4.78, 5) is 7.49. The molecule has 0 N–H and O–H groups in total. The number of aryl methyl sites for hydroxylation is 2. The second kappa shape index (κ2) is 14.7. The van der Waals surface area contributed by atoms with Gasteiger partial charge in [0.2, 0.25) is 5.82 Å². The first-order valence-corrected chi connectivity index (χ1v) is 18.7. The maximum absolute atomic E-state index is 14.8. The minimum atomic E-state index is -2.21. The number of benzene rings is 2. The van der Waals surface area contributed by atoms with Crippen molar-refractivity contribution in [1.82, 2.24) is 8.75 Å². The van der Waals surface area contributed by atoms with E-state index in [2.05, 4.69) is 20.7 Å². The summed E-state index contributed by atoms with van der Waals surface area (Å²) in [6, 6.07) is 3.67. The maximum atomic E-state index is 14.8. The average Bonchev–Trinajstić information content (AvgIpc) is 3.85. The van der Waals surface area contributed by atoms with E-state index in [0.717, 1.165) is 77.6 Å². The van der Waals surface area contributed by atoms with Crippen molar-refractivity contribution in [2.24, 2.45) is 4.99 Å². The molecule has 0 unspecified atom stereocenters. The van der Waals surface area contributed by atoms with Crippen LogP contribution in [0.4, 0.5) is 27.6 Å². The van der Waals surface area contributed by atoms with Gasteiger partial charge < -0.3 is 4.74 Å². The van der Waals surface area contributed by atoms with Gasteiger partial charge in [-0.1, -0.05) is 64.7 Å². The number of hydrogen-bond donors (Lipinski definition) is 0. The van der Waals surface area contributed by atoms with Gasteiger partial charge in [0.1, 0.15) is 22.5 Å². The van der Waals surface area contributed by atoms with Gasteiger partial charge in [0.05, 0.1) is 33.8 Å². The van der Waals surface area contributed by atoms with Crippen LogP contribution in [0.1, 0.15) is 98.3 Å². The predicted octanol–water partition coefficient (Wildman–Crippen LogP) is 12.6. The summed E-state index contributed by atoms with van der Waals surface area (Å²) in [6.07, 6.45) is 12.3. The van der Waals surface area contributed by atoms with E-state index in [0.29, 0.717) is 17.7 Å². The number of nitrogens with zero attached hydrogens (tertiary/aromatic N) is 3. The lowest BCUT2D eigenvalue weighted by Crippen LogP contribution is -2.04. The van der Waals surface area contributed by atoms with Crippen LogP contribution in [0.15, 0.2) is 17.1 Å². The Labute approximate surface area is 289 Å². The highest BCUT2D eigenvalue weighted by Crippen LogP contribution is 2.52. The molecule has 0 radical (unpaired) electrons. The highest BCUT2D eigenvalue weighted by molar-refractivity contribution is 7.25. The molecule has 0 aliphatic heterocycles. The molecular weight excluding hydrogens is 682 g/mol. The van der Waals surface area contributed by atoms with Crippen LogP contribution in [0.5, 0.6) is 5.75 Å². The van der Waals surface area contributed by atoms with Gasteiger partial charge in [-0.05, 0) is 39.3 Å². The van der Waals surface area contributed by atoms with E-state index >= 15 is 0 Å². The molecule has 12 heteroatoms. The third kappa shape index (κ3) is 6.43. The van der Waals surface area contributed by atoms with Gasteiger partial charge in [0.15, 0.2) is 23.3 Å². The summed E-state index contributed by atoms with van der Waals surface area (Å²) in [7, 11) is 0. The topological polar surface area (TPSA) is 47.4 Å². The fourth-order valence-electron chi connectivity index (χ4n) is 6.35. The third-order valence-electron chi connectivity index (χ3n) is 8.84. The lowest BCUT2D eigenvalue weighted by molar-refractivity contribution is 0.301. The van der Waals surface area contributed by atoms with Crippen molar-refractivity contribution in [3.05, 3.63) is 68.3 Å². The zero-order valence-electron chi connectivity index (χ0n) is 27.3. The summed E-state index contributed by atoms with van der Waals surface area (Å²) in [5.41, 5.74) is 4.23. The van der Waals surface area contributed by atoms with Crippen molar-refractivity contribution in [3.8, 4) is 25.9 Å². The van der Waals surface area contributed by atoms with E-state index < -0.39 is 34.8 Å². The Bertz CT molecular complexity index is 1980. The number of rotatable bonds is 14. The molecule has 0 bridgehead atoms. The highest BCUT2D eigenvalue weighted by Gasteiger charge is 2.34. The Hall–Kier alpha value is -3.22. The van der Waals surface area contributed by atoms with Crippen molar-refractivity contribution < 1.29 is 26.7 Å². The zero-order chi connectivity index (χ0) is 34.1. The summed E-state index contributed by atoms with van der Waals surface area (Å²) < 4.78 is 87.2. The van der Waals surface area contributed by atoms with Crippen LogP contribution in [0, 0.1) is 49.9 Å². The van der Waals surface area contributed by atoms with Crippen LogP contribution >= 0.6 is 34.4 Å². The van der Waals surface area contributed by atoms with Crippen LogP contribution in [-0.2, 0) is 0 Å². The molecule has 2 aromatic carbocycles. The molecule has 0 spiro atoms. The fraction of sp³-hybridized carbons (Fsp3) is 0.417. The van der Waals surface area contributed by atoms with E-state index in [1.54, 1.807) is 0 Å². The molecule has 0 saturated carbocycles. The zero-order valence-corrected chi connectivity index (χ0v) is 29.7. The molecule has 0 amide bonds. The number of ether oxygens (including phenoxy) is 1. The number of aliphatic imine (C=N–C) groups is 1. The van der Waals surface area contributed by atoms with Crippen molar-refractivity contribution in [1.29, 1.82) is 0 Å². The second-order valence-corrected chi connectivity index (χ2v) is 15.1. The Morgan fingerprint density at radius 3 is 1.90 bits per heavy atom. The quantitative estimate of drug-likeness (QED) is 0.0488. The minimum Gasteiger partial charge on any atom is -0.493 e. The molecule has 3 heterocycles. The molecule has 254 valence electrons. The van der Waals surface area contributed by atoms with Crippen LogP contribution in [0.2, 0.25) is 0 Å². The van der Waals surface area contributed by atoms with Crippen molar-refractivity contribution in [2.45, 2.75) is 91.9 Å². The predicted molar refractivity (Wildman–Crippen MR) is 187 cm³/mol. The molecule has 1 aliphatic carbocycles. The number of thiophene rings is 2. The Morgan fingerprint density at radius 2 is 1.23 bits per heavy atom. The van der Waals surface area contributed by atoms with Gasteiger partial charge in [0.25, 0.3) is 0 Å². The second-order valence-electron chi connectivity index (χ2n) is 12.3. The van der Waals surface area contributed by atoms with E-state index in [9.17, 15) is 22.0 Å². The molecule has 4 nitrogen and oxygen atoms in total. The van der Waals surface area contributed by atoms with E-state index in [-0.39, 0.29) is 5.71 Å². The van der Waals surface area contributed by atoms with Gasteiger partial charge in [0, 0.05) is 37.6 Å². The van der Waals surface area contributed by atoms with Crippen molar-refractivity contribution in [2.75, 3.05) is 6.61 Å². The fourth-order valence-corrected chi connectivity index (χ4v) is 9.39. The largest absolute Gasteiger partial charge is 0.493 e. The summed E-state index contributed by atoms with van der Waals surface area (Å²) in [5, 5.41) is 0. The molecule has 3 aromatic heterocycles. The SMILES string of the molecule is CCCCCCCCCCCCOc1c(C)c(-c2cc3c(s2)-c2sc(C)cc2C3=Nc2c(F)c(F)c(F)c(F)c2F)c2nsnc2c1C. The van der Waals surface area contributed by atoms with Crippen LogP contribution < -0.4 is 4.74 Å². The number of hydrogen-bond acceptors (Lipinski definition) is 7. The first-order valence-electron chi connectivity index (χ1n) is 16.4. The molecule has 48 heavy (non-hydrogen) atoms. The highest BCUT2D eigenvalue weighted by atomic mass is 32.1. The molecule has 0 atom stereocenters. The monoisotopic (exact) mass is 717 g/mol. The van der Waals surface area contributed by atoms with Gasteiger partial charge in [-0.15, -0.1) is 22.7 Å². The number of halogens is 5. The average molecular weight is 718 g/mol. The van der Waals surface area contributed by atoms with Crippen molar-refractivity contribution in [3.63, 3.8) is 0 Å². The smallest absolute Gasteiger partial charge is 0.200 e. The minimum absolute atomic E-state index is 0.157. The number of unbranched alkanes of at least 4 members (excludes halogenated alkanes) is 9. The Balaban J connectivity index is 1.30. The van der Waals surface area contributed by atoms with E-state index in [4.69, 9.17) is 4.74 Å². The van der Waals surface area contributed by atoms with Gasteiger partial charge in [-0.2, -0.15) is 8.75 Å². The normalized spacial score (nSPS) is 13.2. The molecule has 0 saturated heterocycles. The van der Waals surface area contributed by atoms with Gasteiger partial charge in [-0.25, -0.2) is 26.9 Å². The lowest BCUT2D eigenvalue weighted by Gasteiger charge is -2.16. The van der Waals surface area contributed by atoms with Crippen LogP contribution in [0.3, 0.4) is 0 Å². The lowest BCUT2D eigenvalue weighted by atomic mass is 9.99. The van der Waals surface area contributed by atoms with E-state index in [1.165, 1.54) is 74.0 Å². The summed E-state index contributed by atoms with van der Waals surface area (Å²) in [6.45, 7) is 8.68. The molecule has 6 rings (SSSR count). The molecular formula is C36H36F5N3OS3. The third-order valence-corrected chi connectivity index (χ3v) is 11.7. The molecule has 5 aromatic rings. The summed E-state index contributed by atoms with van der Waals surface area (Å²) >= 11 is 4.07. The number of aromatic nitrogens is 2. The first kappa shape index (κ1) is 34.6. The maximum Gasteiger partial charge on any atom is 0.200 e. The van der Waals surface area contributed by atoms with E-state index in [1.807, 2.05) is 32.9 Å². The van der Waals surface area contributed by atoms with Crippen LogP contribution in [-0.4, -0.2) is 21.1 Å². The van der Waals surface area contributed by atoms with Gasteiger partial charge >= 0.3 is 0 Å². The molecule has 1 aliphatic rings. The summed E-state index contributed by atoms with van der Waals surface area (Å²) in [5.74, 6) is -9.45. The van der Waals surface area contributed by atoms with Crippen LogP contribution in [0.25, 0.3) is 31.2 Å². The number of fused-ring (bicyclic) bond motifs is 4. The van der Waals surface area contributed by atoms with Crippen molar-refractivity contribution >= 4 is 56.8 Å². The van der Waals surface area contributed by atoms with Gasteiger partial charge in [-0.3, -0.25) is 0 Å². The Kier molecular flexibility index (Phi) is 10.6.